The molecule has 9 heteroatoms. The molecule has 0 aromatic carbocycles. The van der Waals surface area contributed by atoms with Crippen molar-refractivity contribution in [3.63, 3.8) is 0 Å². The van der Waals surface area contributed by atoms with E-state index in [1.165, 1.54) is 0 Å². The first-order chi connectivity index (χ1) is 14.8. The normalized spacial score (nSPS) is 36.7. The molecule has 4 fully saturated rings. The third-order valence-electron chi connectivity index (χ3n) is 7.50. The standard InChI is InChI=1S/C22H40N6O3/c1-14(2)31-22(30)27-10-15(3)28(16(4)29)20-6-5-17(7-21(20)27)18-8-25-26(11-18)12-19-9-23-13-24-19/h14-15,17-21,23-25H,5-13H2,1-4H3/t15-,17?,18?,19?,20?,21?/m0/s1. The lowest BCUT2D eigenvalue weighted by molar-refractivity contribution is -0.142. The van der Waals surface area contributed by atoms with Gasteiger partial charge in [0.25, 0.3) is 0 Å². The van der Waals surface area contributed by atoms with Gasteiger partial charge in [-0.15, -0.1) is 0 Å². The van der Waals surface area contributed by atoms with Gasteiger partial charge in [0.2, 0.25) is 5.91 Å². The number of hydrogen-bond donors (Lipinski definition) is 3. The Balaban J connectivity index is 1.43. The first kappa shape index (κ1) is 22.8. The predicted molar refractivity (Wildman–Crippen MR) is 118 cm³/mol. The monoisotopic (exact) mass is 436 g/mol. The van der Waals surface area contributed by atoms with Crippen LogP contribution in [0.15, 0.2) is 0 Å². The van der Waals surface area contributed by atoms with E-state index < -0.39 is 0 Å². The van der Waals surface area contributed by atoms with Crippen LogP contribution in [0.5, 0.6) is 0 Å². The number of rotatable bonds is 4. The summed E-state index contributed by atoms with van der Waals surface area (Å²) in [4.78, 5) is 29.3. The molecule has 176 valence electrons. The van der Waals surface area contributed by atoms with Gasteiger partial charge < -0.3 is 19.9 Å². The van der Waals surface area contributed by atoms with Crippen LogP contribution in [0, 0.1) is 11.8 Å². The van der Waals surface area contributed by atoms with Crippen molar-refractivity contribution in [3.8, 4) is 0 Å². The van der Waals surface area contributed by atoms with E-state index in [1.807, 2.05) is 30.6 Å². The molecule has 0 radical (unpaired) electrons. The SMILES string of the molecule is CC(=O)N1C2CCC(C3CNN(CC4CNCN4)C3)CC2N(C(=O)OC(C)C)C[C@@H]1C. The first-order valence-corrected chi connectivity index (χ1v) is 12.0. The van der Waals surface area contributed by atoms with Gasteiger partial charge >= 0.3 is 6.09 Å². The molecule has 3 heterocycles. The fraction of sp³-hybridized carbons (Fsp3) is 0.909. The Hall–Kier alpha value is -1.42. The molecule has 31 heavy (non-hydrogen) atoms. The number of piperazine rings is 1. The highest BCUT2D eigenvalue weighted by atomic mass is 16.6. The molecular weight excluding hydrogens is 396 g/mol. The van der Waals surface area contributed by atoms with Crippen molar-refractivity contribution in [2.75, 3.05) is 39.4 Å². The number of amides is 2. The second-order valence-electron chi connectivity index (χ2n) is 10.1. The van der Waals surface area contributed by atoms with Crippen LogP contribution >= 0.6 is 0 Å². The smallest absolute Gasteiger partial charge is 0.410 e. The largest absolute Gasteiger partial charge is 0.447 e. The van der Waals surface area contributed by atoms with E-state index in [4.69, 9.17) is 4.74 Å². The molecule has 1 aliphatic carbocycles. The zero-order valence-corrected chi connectivity index (χ0v) is 19.5. The fourth-order valence-electron chi connectivity index (χ4n) is 6.15. The van der Waals surface area contributed by atoms with Gasteiger partial charge in [-0.25, -0.2) is 9.80 Å². The van der Waals surface area contributed by atoms with Crippen LogP contribution in [-0.2, 0) is 9.53 Å². The molecule has 0 spiro atoms. The lowest BCUT2D eigenvalue weighted by Gasteiger charge is -2.54. The number of carbonyl (C=O) groups excluding carboxylic acids is 2. The third kappa shape index (κ3) is 4.99. The first-order valence-electron chi connectivity index (χ1n) is 12.0. The minimum Gasteiger partial charge on any atom is -0.447 e. The quantitative estimate of drug-likeness (QED) is 0.594. The highest BCUT2D eigenvalue weighted by Gasteiger charge is 2.48. The van der Waals surface area contributed by atoms with Gasteiger partial charge in [-0.2, -0.15) is 0 Å². The van der Waals surface area contributed by atoms with Gasteiger partial charge in [0.1, 0.15) is 0 Å². The minimum atomic E-state index is -0.230. The average Bonchev–Trinajstić information content (AvgIpc) is 3.38. The molecule has 0 bridgehead atoms. The van der Waals surface area contributed by atoms with Crippen LogP contribution < -0.4 is 16.1 Å². The number of nitrogens with zero attached hydrogens (tertiary/aromatic N) is 3. The van der Waals surface area contributed by atoms with E-state index >= 15 is 0 Å². The van der Waals surface area contributed by atoms with E-state index in [0.717, 1.165) is 52.1 Å². The van der Waals surface area contributed by atoms with Gasteiger partial charge in [-0.05, 0) is 51.9 Å². The molecule has 3 saturated heterocycles. The minimum absolute atomic E-state index is 0.0196. The van der Waals surface area contributed by atoms with Gasteiger partial charge in [0, 0.05) is 58.4 Å². The highest BCUT2D eigenvalue weighted by Crippen LogP contribution is 2.39. The summed E-state index contributed by atoms with van der Waals surface area (Å²) in [6, 6.07) is 0.648. The van der Waals surface area contributed by atoms with Crippen LogP contribution in [0.2, 0.25) is 0 Å². The number of nitrogens with one attached hydrogen (secondary N) is 3. The summed E-state index contributed by atoms with van der Waals surface area (Å²) in [6.45, 7) is 13.0. The average molecular weight is 437 g/mol. The molecule has 1 saturated carbocycles. The Bertz CT molecular complexity index is 655. The van der Waals surface area contributed by atoms with Gasteiger partial charge in [-0.1, -0.05) is 0 Å². The van der Waals surface area contributed by atoms with Crippen molar-refractivity contribution >= 4 is 12.0 Å². The highest BCUT2D eigenvalue weighted by molar-refractivity contribution is 5.75. The van der Waals surface area contributed by atoms with Crippen LogP contribution in [-0.4, -0.2) is 96.5 Å². The molecule has 0 aromatic rings. The maximum Gasteiger partial charge on any atom is 0.410 e. The van der Waals surface area contributed by atoms with Crippen LogP contribution in [0.3, 0.4) is 0 Å². The molecule has 3 N–H and O–H groups in total. The summed E-state index contributed by atoms with van der Waals surface area (Å²) in [5.74, 6) is 1.23. The van der Waals surface area contributed by atoms with Gasteiger partial charge in [0.05, 0.1) is 18.2 Å². The molecule has 2 amide bonds. The van der Waals surface area contributed by atoms with Gasteiger partial charge in [0.15, 0.2) is 0 Å². The summed E-state index contributed by atoms with van der Waals surface area (Å²) in [5, 5.41) is 9.19. The second-order valence-corrected chi connectivity index (χ2v) is 10.1. The number of ether oxygens (including phenoxy) is 1. The molecule has 4 aliphatic rings. The molecule has 0 aromatic heterocycles. The van der Waals surface area contributed by atoms with Crippen molar-refractivity contribution in [1.82, 2.24) is 30.9 Å². The van der Waals surface area contributed by atoms with Gasteiger partial charge in [-0.3, -0.25) is 15.5 Å². The molecule has 5 unspecified atom stereocenters. The maximum absolute atomic E-state index is 12.9. The second kappa shape index (κ2) is 9.60. The number of carbonyl (C=O) groups is 2. The summed E-state index contributed by atoms with van der Waals surface area (Å²) in [5.41, 5.74) is 3.59. The summed E-state index contributed by atoms with van der Waals surface area (Å²) >= 11 is 0. The van der Waals surface area contributed by atoms with Crippen LogP contribution in [0.4, 0.5) is 4.79 Å². The predicted octanol–water partition coefficient (Wildman–Crippen LogP) is 0.577. The molecule has 3 aliphatic heterocycles. The Morgan fingerprint density at radius 2 is 1.90 bits per heavy atom. The van der Waals surface area contributed by atoms with E-state index in [2.05, 4.69) is 21.1 Å². The van der Waals surface area contributed by atoms with Crippen LogP contribution in [0.1, 0.15) is 47.0 Å². The number of hydrogen-bond acceptors (Lipinski definition) is 7. The zero-order chi connectivity index (χ0) is 22.1. The summed E-state index contributed by atoms with van der Waals surface area (Å²) in [6.07, 6.45) is 2.63. The van der Waals surface area contributed by atoms with E-state index in [9.17, 15) is 9.59 Å². The molecule has 6 atom stereocenters. The van der Waals surface area contributed by atoms with Crippen molar-refractivity contribution in [3.05, 3.63) is 0 Å². The molecular formula is C22H40N6O3. The number of hydrazine groups is 1. The van der Waals surface area contributed by atoms with E-state index in [0.29, 0.717) is 24.4 Å². The summed E-state index contributed by atoms with van der Waals surface area (Å²) < 4.78 is 5.58. The van der Waals surface area contributed by atoms with Crippen molar-refractivity contribution in [1.29, 1.82) is 0 Å². The Morgan fingerprint density at radius 1 is 1.10 bits per heavy atom. The Kier molecular flexibility index (Phi) is 7.05. The van der Waals surface area contributed by atoms with E-state index in [-0.39, 0.29) is 36.2 Å². The van der Waals surface area contributed by atoms with Crippen molar-refractivity contribution < 1.29 is 14.3 Å². The number of fused-ring (bicyclic) bond motifs is 1. The third-order valence-corrected chi connectivity index (χ3v) is 7.50. The van der Waals surface area contributed by atoms with Crippen molar-refractivity contribution in [2.24, 2.45) is 11.8 Å². The topological polar surface area (TPSA) is 89.2 Å². The summed E-state index contributed by atoms with van der Waals surface area (Å²) in [7, 11) is 0. The lowest BCUT2D eigenvalue weighted by atomic mass is 9.73. The van der Waals surface area contributed by atoms with E-state index in [1.54, 1.807) is 6.92 Å². The molecule has 9 nitrogen and oxygen atoms in total. The zero-order valence-electron chi connectivity index (χ0n) is 19.5. The molecule has 4 rings (SSSR count). The Morgan fingerprint density at radius 3 is 2.58 bits per heavy atom. The van der Waals surface area contributed by atoms with Crippen molar-refractivity contribution in [2.45, 2.75) is 77.2 Å². The lowest BCUT2D eigenvalue weighted by Crippen LogP contribution is -2.67. The Labute approximate surface area is 186 Å². The maximum atomic E-state index is 12.9. The van der Waals surface area contributed by atoms with Crippen LogP contribution in [0.25, 0.3) is 0 Å². The fourth-order valence-corrected chi connectivity index (χ4v) is 6.15.